The van der Waals surface area contributed by atoms with Gasteiger partial charge in [0.2, 0.25) is 5.95 Å². The molecular weight excluding hydrogens is 414 g/mol. The molecule has 4 aromatic rings. The maximum atomic E-state index is 11.2. The lowest BCUT2D eigenvalue weighted by Crippen LogP contribution is -2.21. The predicted octanol–water partition coefficient (Wildman–Crippen LogP) is 3.65. The molecule has 2 aromatic carbocycles. The van der Waals surface area contributed by atoms with Crippen LogP contribution in [-0.4, -0.2) is 37.5 Å². The van der Waals surface area contributed by atoms with E-state index in [1.165, 1.54) is 0 Å². The monoisotopic (exact) mass is 436 g/mol. The summed E-state index contributed by atoms with van der Waals surface area (Å²) in [6.07, 6.45) is 3.55. The van der Waals surface area contributed by atoms with Gasteiger partial charge in [-0.05, 0) is 30.7 Å². The van der Waals surface area contributed by atoms with Crippen LogP contribution in [0.4, 0.5) is 17.5 Å². The van der Waals surface area contributed by atoms with E-state index in [0.29, 0.717) is 22.3 Å². The summed E-state index contributed by atoms with van der Waals surface area (Å²) in [4.78, 5) is 9.49. The molecule has 0 aliphatic carbocycles. The average molecular weight is 437 g/mol. The van der Waals surface area contributed by atoms with Crippen LogP contribution in [0.5, 0.6) is 0 Å². The van der Waals surface area contributed by atoms with Gasteiger partial charge in [0, 0.05) is 35.9 Å². The second kappa shape index (κ2) is 8.70. The van der Waals surface area contributed by atoms with E-state index >= 15 is 0 Å². The summed E-state index contributed by atoms with van der Waals surface area (Å²) in [5.41, 5.74) is 3.43. The summed E-state index contributed by atoms with van der Waals surface area (Å²) < 4.78 is 20.3. The number of aliphatic hydroxyl groups is 1. The summed E-state index contributed by atoms with van der Waals surface area (Å²) in [5.74, 6) is 0.960. The number of rotatable bonds is 7. The van der Waals surface area contributed by atoms with Gasteiger partial charge >= 0.3 is 0 Å². The van der Waals surface area contributed by atoms with Crippen LogP contribution in [0.15, 0.2) is 59.8 Å². The first-order valence-electron chi connectivity index (χ1n) is 9.61. The zero-order valence-electron chi connectivity index (χ0n) is 17.0. The fraction of sp³-hybridized carbons (Fsp3) is 0.190. The molecule has 0 aliphatic heterocycles. The highest BCUT2D eigenvalue weighted by atomic mass is 32.2. The Hall–Kier alpha value is -3.50. The first-order valence-corrected chi connectivity index (χ1v) is 10.8. The van der Waals surface area contributed by atoms with Crippen molar-refractivity contribution >= 4 is 39.0 Å². The number of hydrogen-bond acceptors (Lipinski definition) is 9. The zero-order chi connectivity index (χ0) is 22.0. The summed E-state index contributed by atoms with van der Waals surface area (Å²) in [5, 5.41) is 21.2. The third-order valence-corrected chi connectivity index (χ3v) is 5.53. The van der Waals surface area contributed by atoms with Crippen molar-refractivity contribution in [3.63, 3.8) is 0 Å². The molecule has 0 spiro atoms. The molecule has 0 unspecified atom stereocenters. The van der Waals surface area contributed by atoms with Crippen molar-refractivity contribution in [1.29, 1.82) is 4.78 Å². The highest BCUT2D eigenvalue weighted by Crippen LogP contribution is 2.30. The number of aliphatic hydroxyl groups excluding tert-OH is 1. The molecule has 160 valence electrons. The topological polar surface area (TPSA) is 129 Å². The van der Waals surface area contributed by atoms with Crippen LogP contribution >= 0.6 is 0 Å². The summed E-state index contributed by atoms with van der Waals surface area (Å²) in [7, 11) is 0.116. The van der Waals surface area contributed by atoms with E-state index in [4.69, 9.17) is 4.78 Å². The van der Waals surface area contributed by atoms with Gasteiger partial charge in [0.15, 0.2) is 0 Å². The van der Waals surface area contributed by atoms with Gasteiger partial charge in [0.05, 0.1) is 18.3 Å². The van der Waals surface area contributed by atoms with Crippen LogP contribution in [0.1, 0.15) is 6.92 Å². The molecule has 0 radical (unpaired) electrons. The van der Waals surface area contributed by atoms with Gasteiger partial charge in [-0.2, -0.15) is 20.7 Å². The third kappa shape index (κ3) is 4.49. The number of nitrogens with one attached hydrogen (secondary N) is 3. The maximum absolute atomic E-state index is 11.2. The molecule has 10 heteroatoms. The quantitative estimate of drug-likeness (QED) is 0.325. The molecule has 0 saturated heterocycles. The minimum absolute atomic E-state index is 0.0430. The molecule has 31 heavy (non-hydrogen) atoms. The van der Waals surface area contributed by atoms with Gasteiger partial charge in [-0.1, -0.05) is 29.2 Å². The molecule has 0 bridgehead atoms. The molecule has 0 fully saturated rings. The minimum atomic E-state index is -1.78. The second-order valence-electron chi connectivity index (χ2n) is 7.14. The number of nitrogens with zero attached hydrogens (tertiary/aromatic N) is 4. The van der Waals surface area contributed by atoms with E-state index in [2.05, 4.69) is 25.7 Å². The Kier molecular flexibility index (Phi) is 5.83. The van der Waals surface area contributed by atoms with Crippen molar-refractivity contribution in [1.82, 2.24) is 19.7 Å². The summed E-state index contributed by atoms with van der Waals surface area (Å²) in [6, 6.07) is 12.5. The standard InChI is InChI=1S/C21H22N7O2S/c1-13(12-29)25-20-18(14-3-4-15-10-24-28(2)19(15)9-14)11-23-21(27-20)26-16-5-7-17(8-6-16)31(22)30/h3-11,13,22,29H,12H2,1-2H3,(H2,23,25,26,27)/q-1/t13-/m1/s1. The Morgan fingerprint density at radius 3 is 2.68 bits per heavy atom. The van der Waals surface area contributed by atoms with Crippen LogP contribution < -0.4 is 10.6 Å². The molecule has 2 aromatic heterocycles. The Bertz CT molecular complexity index is 1290. The number of anilines is 3. The second-order valence-corrected chi connectivity index (χ2v) is 8.15. The van der Waals surface area contributed by atoms with E-state index in [0.717, 1.165) is 22.0 Å². The highest BCUT2D eigenvalue weighted by Gasteiger charge is 2.13. The van der Waals surface area contributed by atoms with E-state index in [9.17, 15) is 9.32 Å². The van der Waals surface area contributed by atoms with Crippen LogP contribution in [0, 0.1) is 4.78 Å². The van der Waals surface area contributed by atoms with Crippen molar-refractivity contribution in [3.8, 4) is 11.1 Å². The SMILES string of the molecule is C[C@H](CO)Nc1nc(Nc2ccc([S-](=N)=O)cc2)ncc1-c1ccc2cnn(C)c2c1. The van der Waals surface area contributed by atoms with Gasteiger partial charge in [-0.25, -0.2) is 4.98 Å². The summed E-state index contributed by atoms with van der Waals surface area (Å²) in [6.45, 7) is 1.82. The average Bonchev–Trinajstić information content (AvgIpc) is 3.14. The lowest BCUT2D eigenvalue weighted by atomic mass is 10.1. The van der Waals surface area contributed by atoms with Gasteiger partial charge in [-0.15, -0.1) is 0 Å². The van der Waals surface area contributed by atoms with Crippen LogP contribution in [0.2, 0.25) is 0 Å². The van der Waals surface area contributed by atoms with Crippen molar-refractivity contribution < 1.29 is 9.32 Å². The molecule has 2 heterocycles. The number of fused-ring (bicyclic) bond motifs is 1. The Labute approximate surface area is 181 Å². The predicted molar refractivity (Wildman–Crippen MR) is 121 cm³/mol. The van der Waals surface area contributed by atoms with E-state index in [1.807, 2.05) is 43.0 Å². The number of aryl methyl sites for hydroxylation is 1. The molecule has 0 amide bonds. The zero-order valence-corrected chi connectivity index (χ0v) is 17.8. The highest BCUT2D eigenvalue weighted by molar-refractivity contribution is 7.73. The summed E-state index contributed by atoms with van der Waals surface area (Å²) >= 11 is 0. The van der Waals surface area contributed by atoms with E-state index < -0.39 is 10.6 Å². The Morgan fingerprint density at radius 2 is 1.97 bits per heavy atom. The van der Waals surface area contributed by atoms with Gasteiger partial charge < -0.3 is 24.7 Å². The number of aromatic nitrogens is 4. The minimum Gasteiger partial charge on any atom is -0.440 e. The van der Waals surface area contributed by atoms with Crippen molar-refractivity contribution in [2.75, 3.05) is 17.2 Å². The Morgan fingerprint density at radius 1 is 1.19 bits per heavy atom. The third-order valence-electron chi connectivity index (χ3n) is 4.83. The lowest BCUT2D eigenvalue weighted by molar-refractivity contribution is 0.281. The number of benzene rings is 2. The lowest BCUT2D eigenvalue weighted by Gasteiger charge is -2.17. The van der Waals surface area contributed by atoms with Gasteiger partial charge in [-0.3, -0.25) is 4.68 Å². The van der Waals surface area contributed by atoms with Gasteiger partial charge in [0.1, 0.15) is 5.82 Å². The molecule has 0 aliphatic rings. The first-order chi connectivity index (χ1) is 14.9. The van der Waals surface area contributed by atoms with Crippen LogP contribution in [0.25, 0.3) is 22.0 Å². The normalized spacial score (nSPS) is 12.3. The maximum Gasteiger partial charge on any atom is 0.229 e. The first kappa shape index (κ1) is 20.8. The smallest absolute Gasteiger partial charge is 0.229 e. The molecular formula is C21H22N7O2S-. The van der Waals surface area contributed by atoms with Gasteiger partial charge in [0.25, 0.3) is 0 Å². The largest absolute Gasteiger partial charge is 0.440 e. The fourth-order valence-electron chi connectivity index (χ4n) is 3.14. The molecule has 1 atom stereocenters. The van der Waals surface area contributed by atoms with E-state index in [-0.39, 0.29) is 12.6 Å². The van der Waals surface area contributed by atoms with Crippen molar-refractivity contribution in [3.05, 3.63) is 54.9 Å². The Balaban J connectivity index is 1.70. The van der Waals surface area contributed by atoms with Crippen molar-refractivity contribution in [2.45, 2.75) is 17.9 Å². The molecule has 4 N–H and O–H groups in total. The molecule has 0 saturated carbocycles. The van der Waals surface area contributed by atoms with Crippen molar-refractivity contribution in [2.24, 2.45) is 7.05 Å². The molecule has 9 nitrogen and oxygen atoms in total. The van der Waals surface area contributed by atoms with E-state index in [1.54, 1.807) is 30.5 Å². The number of hydrogen-bond donors (Lipinski definition) is 4. The molecule has 4 rings (SSSR count). The van der Waals surface area contributed by atoms with Crippen LogP contribution in [0.3, 0.4) is 0 Å². The fourth-order valence-corrected chi connectivity index (χ4v) is 3.53. The van der Waals surface area contributed by atoms with Crippen LogP contribution in [-0.2, 0) is 21.9 Å².